The lowest BCUT2D eigenvalue weighted by Crippen LogP contribution is -1.92. The Bertz CT molecular complexity index is 724. The molecule has 0 aliphatic carbocycles. The van der Waals surface area contributed by atoms with Crippen molar-refractivity contribution in [2.75, 3.05) is 7.11 Å². The lowest BCUT2D eigenvalue weighted by atomic mass is 10.1. The Morgan fingerprint density at radius 2 is 2.16 bits per heavy atom. The number of hydrogen-bond donors (Lipinski definition) is 0. The van der Waals surface area contributed by atoms with E-state index < -0.39 is 0 Å². The van der Waals surface area contributed by atoms with Crippen molar-refractivity contribution in [2.24, 2.45) is 0 Å². The fourth-order valence-electron chi connectivity index (χ4n) is 1.94. The minimum absolute atomic E-state index is 0.712. The highest BCUT2D eigenvalue weighted by atomic mass is 79.9. The number of nitrogens with zero attached hydrogens (tertiary/aromatic N) is 3. The van der Waals surface area contributed by atoms with Gasteiger partial charge in [-0.1, -0.05) is 28.1 Å². The minimum Gasteiger partial charge on any atom is -0.497 e. The molecular weight excluding hydrogens is 306 g/mol. The lowest BCUT2D eigenvalue weighted by Gasteiger charge is -1.97. The van der Waals surface area contributed by atoms with Crippen LogP contribution in [0.4, 0.5) is 0 Å². The Kier molecular flexibility index (Phi) is 3.21. The monoisotopic (exact) mass is 317 g/mol. The molecule has 0 saturated carbocycles. The van der Waals surface area contributed by atoms with Gasteiger partial charge in [0.05, 0.1) is 7.11 Å². The van der Waals surface area contributed by atoms with Crippen molar-refractivity contribution in [2.45, 2.75) is 6.42 Å². The van der Waals surface area contributed by atoms with Crippen molar-refractivity contribution < 1.29 is 4.74 Å². The van der Waals surface area contributed by atoms with Crippen LogP contribution >= 0.6 is 15.9 Å². The number of benzene rings is 1. The van der Waals surface area contributed by atoms with Crippen molar-refractivity contribution >= 4 is 21.6 Å². The van der Waals surface area contributed by atoms with E-state index in [9.17, 15) is 0 Å². The number of methoxy groups -OCH3 is 1. The maximum Gasteiger partial charge on any atom is 0.159 e. The molecule has 0 amide bonds. The van der Waals surface area contributed by atoms with Crippen LogP contribution in [0, 0.1) is 0 Å². The number of hydrogen-bond acceptors (Lipinski definition) is 3. The van der Waals surface area contributed by atoms with Crippen LogP contribution in [0.1, 0.15) is 11.4 Å². The van der Waals surface area contributed by atoms with Gasteiger partial charge in [0, 0.05) is 23.2 Å². The molecule has 2 aromatic heterocycles. The molecule has 0 atom stereocenters. The van der Waals surface area contributed by atoms with Gasteiger partial charge in [0.15, 0.2) is 11.5 Å². The molecule has 3 aromatic rings. The summed E-state index contributed by atoms with van der Waals surface area (Å²) in [6, 6.07) is 11.9. The second kappa shape index (κ2) is 5.01. The first kappa shape index (κ1) is 12.2. The number of aromatic nitrogens is 3. The number of ether oxygens (including phenoxy) is 1. The summed E-state index contributed by atoms with van der Waals surface area (Å²) in [5.41, 5.74) is 1.97. The third-order valence-electron chi connectivity index (χ3n) is 2.84. The van der Waals surface area contributed by atoms with Crippen molar-refractivity contribution in [1.29, 1.82) is 0 Å². The highest BCUT2D eigenvalue weighted by Gasteiger charge is 2.06. The van der Waals surface area contributed by atoms with E-state index in [1.807, 2.05) is 30.5 Å². The van der Waals surface area contributed by atoms with Crippen LogP contribution in [-0.4, -0.2) is 21.7 Å². The van der Waals surface area contributed by atoms with Gasteiger partial charge >= 0.3 is 0 Å². The van der Waals surface area contributed by atoms with Crippen LogP contribution in [0.5, 0.6) is 5.75 Å². The molecular formula is C14H12BrN3O. The van der Waals surface area contributed by atoms with E-state index in [1.54, 1.807) is 11.6 Å². The van der Waals surface area contributed by atoms with Crippen molar-refractivity contribution in [3.05, 3.63) is 58.5 Å². The molecule has 0 saturated heterocycles. The summed E-state index contributed by atoms with van der Waals surface area (Å²) in [5, 5.41) is 4.45. The first-order chi connectivity index (χ1) is 9.24. The van der Waals surface area contributed by atoms with Gasteiger partial charge < -0.3 is 4.74 Å². The summed E-state index contributed by atoms with van der Waals surface area (Å²) < 4.78 is 8.00. The van der Waals surface area contributed by atoms with E-state index in [1.165, 1.54) is 5.56 Å². The van der Waals surface area contributed by atoms with Gasteiger partial charge in [0.1, 0.15) is 5.75 Å². The molecule has 3 rings (SSSR count). The molecule has 4 nitrogen and oxygen atoms in total. The molecule has 1 aromatic carbocycles. The Morgan fingerprint density at radius 3 is 2.95 bits per heavy atom. The molecule has 0 radical (unpaired) electrons. The molecule has 0 fully saturated rings. The van der Waals surface area contributed by atoms with Crippen LogP contribution in [-0.2, 0) is 6.42 Å². The molecule has 0 aliphatic heterocycles. The average molecular weight is 318 g/mol. The summed E-state index contributed by atoms with van der Waals surface area (Å²) in [4.78, 5) is 4.50. The fourth-order valence-corrected chi connectivity index (χ4v) is 2.39. The van der Waals surface area contributed by atoms with E-state index in [0.29, 0.717) is 6.42 Å². The molecule has 0 spiro atoms. The predicted molar refractivity (Wildman–Crippen MR) is 76.5 cm³/mol. The van der Waals surface area contributed by atoms with Crippen LogP contribution in [0.3, 0.4) is 0 Å². The smallest absolute Gasteiger partial charge is 0.159 e. The zero-order valence-corrected chi connectivity index (χ0v) is 12.0. The SMILES string of the molecule is COc1ccn2nc(Cc3cccc(Br)c3)nc2c1. The van der Waals surface area contributed by atoms with Gasteiger partial charge in [-0.05, 0) is 23.8 Å². The highest BCUT2D eigenvalue weighted by molar-refractivity contribution is 9.10. The molecule has 0 unspecified atom stereocenters. The maximum absolute atomic E-state index is 5.18. The summed E-state index contributed by atoms with van der Waals surface area (Å²) in [6.07, 6.45) is 2.56. The molecule has 5 heteroatoms. The molecule has 0 bridgehead atoms. The van der Waals surface area contributed by atoms with Crippen molar-refractivity contribution in [3.63, 3.8) is 0 Å². The standard InChI is InChI=1S/C14H12BrN3O/c1-19-12-5-6-18-14(9-12)16-13(17-18)8-10-3-2-4-11(15)7-10/h2-7,9H,8H2,1H3. The largest absolute Gasteiger partial charge is 0.497 e. The van der Waals surface area contributed by atoms with Gasteiger partial charge in [0.2, 0.25) is 0 Å². The topological polar surface area (TPSA) is 39.4 Å². The highest BCUT2D eigenvalue weighted by Crippen LogP contribution is 2.16. The molecule has 96 valence electrons. The summed E-state index contributed by atoms with van der Waals surface area (Å²) in [6.45, 7) is 0. The van der Waals surface area contributed by atoms with Gasteiger partial charge in [0.25, 0.3) is 0 Å². The maximum atomic E-state index is 5.18. The average Bonchev–Trinajstić information content (AvgIpc) is 2.79. The molecule has 19 heavy (non-hydrogen) atoms. The summed E-state index contributed by atoms with van der Waals surface area (Å²) in [5.74, 6) is 1.58. The molecule has 0 aliphatic rings. The number of halogens is 1. The van der Waals surface area contributed by atoms with Crippen LogP contribution < -0.4 is 4.74 Å². The third-order valence-corrected chi connectivity index (χ3v) is 3.33. The molecule has 0 N–H and O–H groups in total. The number of rotatable bonds is 3. The Labute approximate surface area is 119 Å². The Hall–Kier alpha value is -1.88. The van der Waals surface area contributed by atoms with Crippen LogP contribution in [0.15, 0.2) is 47.1 Å². The van der Waals surface area contributed by atoms with Crippen molar-refractivity contribution in [3.8, 4) is 5.75 Å². The second-order valence-electron chi connectivity index (χ2n) is 4.20. The van der Waals surface area contributed by atoms with E-state index in [2.05, 4.69) is 38.1 Å². The first-order valence-electron chi connectivity index (χ1n) is 5.88. The third kappa shape index (κ3) is 2.61. The van der Waals surface area contributed by atoms with E-state index in [0.717, 1.165) is 21.7 Å². The minimum atomic E-state index is 0.712. The number of fused-ring (bicyclic) bond motifs is 1. The molecule has 2 heterocycles. The first-order valence-corrected chi connectivity index (χ1v) is 6.67. The van der Waals surface area contributed by atoms with Gasteiger partial charge in [-0.2, -0.15) is 5.10 Å². The normalized spacial score (nSPS) is 10.8. The predicted octanol–water partition coefficient (Wildman–Crippen LogP) is 3.09. The second-order valence-corrected chi connectivity index (χ2v) is 5.12. The fraction of sp³-hybridized carbons (Fsp3) is 0.143. The number of pyridine rings is 1. The van der Waals surface area contributed by atoms with Gasteiger partial charge in [-0.3, -0.25) is 0 Å². The van der Waals surface area contributed by atoms with Gasteiger partial charge in [-0.15, -0.1) is 0 Å². The quantitative estimate of drug-likeness (QED) is 0.745. The Balaban J connectivity index is 1.93. The van der Waals surface area contributed by atoms with Crippen molar-refractivity contribution in [1.82, 2.24) is 14.6 Å². The lowest BCUT2D eigenvalue weighted by molar-refractivity contribution is 0.414. The summed E-state index contributed by atoms with van der Waals surface area (Å²) >= 11 is 3.47. The zero-order chi connectivity index (χ0) is 13.2. The van der Waals surface area contributed by atoms with E-state index in [4.69, 9.17) is 4.74 Å². The van der Waals surface area contributed by atoms with Crippen LogP contribution in [0.25, 0.3) is 5.65 Å². The summed E-state index contributed by atoms with van der Waals surface area (Å²) in [7, 11) is 1.64. The van der Waals surface area contributed by atoms with Crippen LogP contribution in [0.2, 0.25) is 0 Å². The van der Waals surface area contributed by atoms with E-state index >= 15 is 0 Å². The van der Waals surface area contributed by atoms with E-state index in [-0.39, 0.29) is 0 Å². The zero-order valence-electron chi connectivity index (χ0n) is 10.4. The Morgan fingerprint density at radius 1 is 1.26 bits per heavy atom. The van der Waals surface area contributed by atoms with Gasteiger partial charge in [-0.25, -0.2) is 9.50 Å².